The summed E-state index contributed by atoms with van der Waals surface area (Å²) in [4.78, 5) is 0. The maximum absolute atomic E-state index is 9.65. The van der Waals surface area contributed by atoms with Crippen molar-refractivity contribution in [3.63, 3.8) is 0 Å². The normalized spacial score (nSPS) is 18.5. The molecule has 1 aromatic carbocycles. The van der Waals surface area contributed by atoms with E-state index in [2.05, 4.69) is 5.32 Å². The Labute approximate surface area is 78.6 Å². The van der Waals surface area contributed by atoms with Crippen molar-refractivity contribution < 1.29 is 5.11 Å². The predicted octanol–water partition coefficient (Wildman–Crippen LogP) is 2.06. The molecule has 13 heavy (non-hydrogen) atoms. The highest BCUT2D eigenvalue weighted by Crippen LogP contribution is 2.42. The van der Waals surface area contributed by atoms with Crippen molar-refractivity contribution in [3.8, 4) is 5.75 Å². The first kappa shape index (κ1) is 8.57. The minimum atomic E-state index is 0.334. The van der Waals surface area contributed by atoms with Crippen molar-refractivity contribution >= 4 is 0 Å². The molecule has 1 aliphatic rings. The fraction of sp³-hybridized carbons (Fsp3) is 0.455. The molecule has 0 bridgehead atoms. The third-order valence-corrected chi connectivity index (χ3v) is 2.68. The topological polar surface area (TPSA) is 32.3 Å². The highest BCUT2D eigenvalue weighted by Gasteiger charge is 2.32. The van der Waals surface area contributed by atoms with E-state index in [9.17, 15) is 5.11 Å². The number of aromatic hydroxyl groups is 1. The van der Waals surface area contributed by atoms with Gasteiger partial charge in [0.25, 0.3) is 0 Å². The lowest BCUT2D eigenvalue weighted by atomic mass is 10.0. The molecule has 2 N–H and O–H groups in total. The van der Waals surface area contributed by atoms with Crippen molar-refractivity contribution in [2.45, 2.75) is 18.9 Å². The fourth-order valence-corrected chi connectivity index (χ4v) is 1.83. The number of phenols is 1. The Morgan fingerprint density at radius 2 is 2.08 bits per heavy atom. The molecule has 1 aliphatic carbocycles. The van der Waals surface area contributed by atoms with E-state index in [-0.39, 0.29) is 0 Å². The van der Waals surface area contributed by atoms with Crippen molar-refractivity contribution in [2.24, 2.45) is 5.92 Å². The van der Waals surface area contributed by atoms with Crippen LogP contribution in [0.15, 0.2) is 24.3 Å². The number of benzene rings is 1. The molecule has 1 atom stereocenters. The molecule has 0 aromatic heterocycles. The third-order valence-electron chi connectivity index (χ3n) is 2.68. The van der Waals surface area contributed by atoms with Gasteiger partial charge in [0.15, 0.2) is 0 Å². The minimum absolute atomic E-state index is 0.334. The number of nitrogens with one attached hydrogen (secondary N) is 1. The zero-order valence-electron chi connectivity index (χ0n) is 7.83. The molecule has 1 fully saturated rings. The van der Waals surface area contributed by atoms with Gasteiger partial charge in [-0.25, -0.2) is 0 Å². The van der Waals surface area contributed by atoms with Gasteiger partial charge in [0.1, 0.15) is 5.75 Å². The second-order valence-corrected chi connectivity index (χ2v) is 3.66. The van der Waals surface area contributed by atoms with Gasteiger partial charge in [-0.05, 0) is 31.9 Å². The monoisotopic (exact) mass is 177 g/mol. The van der Waals surface area contributed by atoms with Crippen LogP contribution in [-0.4, -0.2) is 12.2 Å². The highest BCUT2D eigenvalue weighted by atomic mass is 16.3. The lowest BCUT2D eigenvalue weighted by Crippen LogP contribution is -2.18. The van der Waals surface area contributed by atoms with Crippen LogP contribution in [0.2, 0.25) is 0 Å². The molecular formula is C11H15NO. The Morgan fingerprint density at radius 1 is 1.38 bits per heavy atom. The van der Waals surface area contributed by atoms with E-state index >= 15 is 0 Å². The first-order chi connectivity index (χ1) is 6.33. The van der Waals surface area contributed by atoms with Crippen LogP contribution in [0.5, 0.6) is 5.75 Å². The summed E-state index contributed by atoms with van der Waals surface area (Å²) in [5, 5.41) is 12.9. The summed E-state index contributed by atoms with van der Waals surface area (Å²) in [6.45, 7) is 0. The first-order valence-electron chi connectivity index (χ1n) is 4.78. The van der Waals surface area contributed by atoms with Gasteiger partial charge in [0.05, 0.1) is 0 Å². The van der Waals surface area contributed by atoms with Crippen molar-refractivity contribution in [3.05, 3.63) is 29.8 Å². The lowest BCUT2D eigenvalue weighted by Gasteiger charge is -2.16. The number of rotatable bonds is 3. The number of hydrogen-bond donors (Lipinski definition) is 2. The van der Waals surface area contributed by atoms with Crippen molar-refractivity contribution in [2.75, 3.05) is 7.05 Å². The Bertz CT molecular complexity index is 294. The lowest BCUT2D eigenvalue weighted by molar-refractivity contribution is 0.441. The Morgan fingerprint density at radius 3 is 2.62 bits per heavy atom. The highest BCUT2D eigenvalue weighted by molar-refractivity contribution is 5.35. The number of para-hydroxylation sites is 1. The van der Waals surface area contributed by atoms with E-state index in [1.54, 1.807) is 6.07 Å². The summed E-state index contributed by atoms with van der Waals surface area (Å²) >= 11 is 0. The van der Waals surface area contributed by atoms with Crippen molar-refractivity contribution in [1.29, 1.82) is 0 Å². The average molecular weight is 177 g/mol. The van der Waals surface area contributed by atoms with E-state index < -0.39 is 0 Å². The van der Waals surface area contributed by atoms with Gasteiger partial charge >= 0.3 is 0 Å². The number of phenolic OH excluding ortho intramolecular Hbond substituents is 1. The molecule has 0 spiro atoms. The van der Waals surface area contributed by atoms with Gasteiger partial charge in [-0.1, -0.05) is 18.2 Å². The zero-order valence-corrected chi connectivity index (χ0v) is 7.83. The van der Waals surface area contributed by atoms with Crippen LogP contribution in [0.1, 0.15) is 24.4 Å². The zero-order chi connectivity index (χ0) is 9.26. The molecule has 0 radical (unpaired) electrons. The van der Waals surface area contributed by atoms with Gasteiger partial charge in [0, 0.05) is 11.6 Å². The molecular weight excluding hydrogens is 162 g/mol. The molecule has 2 rings (SSSR count). The van der Waals surface area contributed by atoms with Crippen LogP contribution in [0.3, 0.4) is 0 Å². The van der Waals surface area contributed by atoms with Gasteiger partial charge in [0.2, 0.25) is 0 Å². The molecule has 2 nitrogen and oxygen atoms in total. The quantitative estimate of drug-likeness (QED) is 0.740. The molecule has 2 heteroatoms. The summed E-state index contributed by atoms with van der Waals surface area (Å²) in [5.41, 5.74) is 1.03. The molecule has 0 aliphatic heterocycles. The molecule has 0 amide bonds. The largest absolute Gasteiger partial charge is 0.508 e. The van der Waals surface area contributed by atoms with Crippen molar-refractivity contribution in [1.82, 2.24) is 5.32 Å². The molecule has 70 valence electrons. The van der Waals surface area contributed by atoms with E-state index in [0.717, 1.165) is 11.5 Å². The van der Waals surface area contributed by atoms with Crippen LogP contribution in [0.4, 0.5) is 0 Å². The van der Waals surface area contributed by atoms with Crippen LogP contribution >= 0.6 is 0 Å². The fourth-order valence-electron chi connectivity index (χ4n) is 1.83. The first-order valence-corrected chi connectivity index (χ1v) is 4.78. The maximum atomic E-state index is 9.65. The van der Waals surface area contributed by atoms with Gasteiger partial charge in [-0.2, -0.15) is 0 Å². The summed E-state index contributed by atoms with van der Waals surface area (Å²) in [6.07, 6.45) is 2.56. The average Bonchev–Trinajstić information content (AvgIpc) is 2.93. The molecule has 1 aromatic rings. The molecule has 0 saturated heterocycles. The number of hydrogen-bond acceptors (Lipinski definition) is 2. The molecule has 0 heterocycles. The maximum Gasteiger partial charge on any atom is 0.120 e. The van der Waals surface area contributed by atoms with Gasteiger partial charge in [-0.3, -0.25) is 0 Å². The van der Waals surface area contributed by atoms with Gasteiger partial charge < -0.3 is 10.4 Å². The summed E-state index contributed by atoms with van der Waals surface area (Å²) in [7, 11) is 1.95. The van der Waals surface area contributed by atoms with Crippen LogP contribution < -0.4 is 5.32 Å². The second-order valence-electron chi connectivity index (χ2n) is 3.66. The third kappa shape index (κ3) is 1.68. The Hall–Kier alpha value is -1.02. The van der Waals surface area contributed by atoms with Crippen LogP contribution in [-0.2, 0) is 0 Å². The second kappa shape index (κ2) is 3.38. The SMILES string of the molecule is CNC(c1ccccc1O)C1CC1. The van der Waals surface area contributed by atoms with Crippen LogP contribution in [0.25, 0.3) is 0 Å². The van der Waals surface area contributed by atoms with Gasteiger partial charge in [-0.15, -0.1) is 0 Å². The smallest absolute Gasteiger partial charge is 0.120 e. The summed E-state index contributed by atoms with van der Waals surface area (Å²) in [6, 6.07) is 7.91. The van der Waals surface area contributed by atoms with E-state index in [1.165, 1.54) is 12.8 Å². The summed E-state index contributed by atoms with van der Waals surface area (Å²) in [5.74, 6) is 1.13. The Kier molecular flexibility index (Phi) is 2.23. The van der Waals surface area contributed by atoms with E-state index in [1.807, 2.05) is 25.2 Å². The molecule has 1 saturated carbocycles. The minimum Gasteiger partial charge on any atom is -0.508 e. The predicted molar refractivity (Wildman–Crippen MR) is 52.6 cm³/mol. The van der Waals surface area contributed by atoms with Crippen LogP contribution in [0, 0.1) is 5.92 Å². The molecule has 1 unspecified atom stereocenters. The summed E-state index contributed by atoms with van der Waals surface area (Å²) < 4.78 is 0. The standard InChI is InChI=1S/C11H15NO/c1-12-11(8-6-7-8)9-4-2-3-5-10(9)13/h2-5,8,11-13H,6-7H2,1H3. The van der Waals surface area contributed by atoms with E-state index in [4.69, 9.17) is 0 Å². The Balaban J connectivity index is 2.26. The van der Waals surface area contributed by atoms with E-state index in [0.29, 0.717) is 11.8 Å².